The van der Waals surface area contributed by atoms with Crippen molar-refractivity contribution in [3.8, 4) is 5.69 Å². The third-order valence-corrected chi connectivity index (χ3v) is 3.79. The minimum Gasteiger partial charge on any atom is -0.293 e. The summed E-state index contributed by atoms with van der Waals surface area (Å²) in [6.45, 7) is 0. The molecule has 3 aromatic rings. The van der Waals surface area contributed by atoms with Crippen molar-refractivity contribution in [2.45, 2.75) is 0 Å². The number of halogens is 2. The maximum absolute atomic E-state index is 12.7. The molecule has 0 unspecified atom stereocenters. The van der Waals surface area contributed by atoms with Gasteiger partial charge < -0.3 is 0 Å². The van der Waals surface area contributed by atoms with Gasteiger partial charge >= 0.3 is 0 Å². The predicted molar refractivity (Wildman–Crippen MR) is 87.9 cm³/mol. The maximum Gasteiger partial charge on any atom is 0.267 e. The second-order valence-corrected chi connectivity index (χ2v) is 5.71. The third-order valence-electron chi connectivity index (χ3n) is 3.04. The molecule has 0 saturated heterocycles. The molecule has 0 aliphatic heterocycles. The average molecular weight is 366 g/mol. The Morgan fingerprint density at radius 3 is 2.57 bits per heavy atom. The van der Waals surface area contributed by atoms with E-state index in [4.69, 9.17) is 17.4 Å². The van der Waals surface area contributed by atoms with E-state index in [1.54, 1.807) is 36.4 Å². The molecule has 0 spiro atoms. The van der Waals surface area contributed by atoms with Crippen LogP contribution in [0.5, 0.6) is 0 Å². The van der Waals surface area contributed by atoms with Crippen LogP contribution in [0.2, 0.25) is 5.02 Å². The molecular weight excluding hydrogens is 356 g/mol. The van der Waals surface area contributed by atoms with Crippen molar-refractivity contribution >= 4 is 44.4 Å². The number of hydrogen-bond acceptors (Lipinski definition) is 4. The normalized spacial score (nSPS) is 10.8. The quantitative estimate of drug-likeness (QED) is 0.541. The number of nitrogens with two attached hydrogens (primary N) is 1. The number of hydrazine groups is 1. The van der Waals surface area contributed by atoms with Crippen LogP contribution < -0.4 is 16.8 Å². The standard InChI is InChI=1S/C14H10BrClN4O/c15-8-1-6-12-11(7-8)13(21)20(14(18-12)19-17)10-4-2-9(16)3-5-10/h1-7H,17H2,(H,18,19). The molecule has 2 aromatic carbocycles. The molecule has 0 saturated carbocycles. The summed E-state index contributed by atoms with van der Waals surface area (Å²) in [5.41, 5.74) is 3.45. The van der Waals surface area contributed by atoms with Crippen LogP contribution in [0.3, 0.4) is 0 Å². The summed E-state index contributed by atoms with van der Waals surface area (Å²) in [7, 11) is 0. The SMILES string of the molecule is NNc1nc2ccc(Br)cc2c(=O)n1-c1ccc(Cl)cc1. The highest BCUT2D eigenvalue weighted by Crippen LogP contribution is 2.20. The Labute approximate surface area is 133 Å². The zero-order valence-corrected chi connectivity index (χ0v) is 13.0. The molecule has 0 atom stereocenters. The molecular formula is C14H10BrClN4O. The van der Waals surface area contributed by atoms with Crippen LogP contribution in [0.25, 0.3) is 16.6 Å². The molecule has 7 heteroatoms. The topological polar surface area (TPSA) is 72.9 Å². The van der Waals surface area contributed by atoms with E-state index in [0.29, 0.717) is 21.6 Å². The zero-order chi connectivity index (χ0) is 15.0. The van der Waals surface area contributed by atoms with Crippen LogP contribution in [-0.4, -0.2) is 9.55 Å². The van der Waals surface area contributed by atoms with Crippen molar-refractivity contribution in [3.63, 3.8) is 0 Å². The first kappa shape index (κ1) is 14.1. The Morgan fingerprint density at radius 1 is 1.19 bits per heavy atom. The number of anilines is 1. The fourth-order valence-electron chi connectivity index (χ4n) is 2.08. The second-order valence-electron chi connectivity index (χ2n) is 4.36. The maximum atomic E-state index is 12.7. The van der Waals surface area contributed by atoms with Crippen LogP contribution in [0.4, 0.5) is 5.95 Å². The fourth-order valence-corrected chi connectivity index (χ4v) is 2.57. The van der Waals surface area contributed by atoms with Gasteiger partial charge in [-0.3, -0.25) is 10.2 Å². The molecule has 0 fully saturated rings. The third kappa shape index (κ3) is 2.53. The molecule has 5 nitrogen and oxygen atoms in total. The van der Waals surface area contributed by atoms with E-state index in [9.17, 15) is 4.79 Å². The molecule has 21 heavy (non-hydrogen) atoms. The Hall–Kier alpha value is -1.89. The molecule has 0 aliphatic carbocycles. The number of fused-ring (bicyclic) bond motifs is 1. The van der Waals surface area contributed by atoms with Gasteiger partial charge in [-0.15, -0.1) is 0 Å². The highest BCUT2D eigenvalue weighted by molar-refractivity contribution is 9.10. The number of rotatable bonds is 2. The number of nitrogen functional groups attached to an aromatic ring is 1. The highest BCUT2D eigenvalue weighted by atomic mass is 79.9. The van der Waals surface area contributed by atoms with Gasteiger partial charge in [-0.05, 0) is 42.5 Å². The van der Waals surface area contributed by atoms with Crippen molar-refractivity contribution in [3.05, 3.63) is 62.3 Å². The van der Waals surface area contributed by atoms with Crippen LogP contribution >= 0.6 is 27.5 Å². The number of aromatic nitrogens is 2. The molecule has 0 bridgehead atoms. The van der Waals surface area contributed by atoms with Gasteiger partial charge in [0, 0.05) is 9.50 Å². The molecule has 1 heterocycles. The summed E-state index contributed by atoms with van der Waals surface area (Å²) in [5, 5.41) is 1.09. The van der Waals surface area contributed by atoms with E-state index >= 15 is 0 Å². The lowest BCUT2D eigenvalue weighted by molar-refractivity contribution is 0.955. The predicted octanol–water partition coefficient (Wildman–Crippen LogP) is 3.09. The summed E-state index contributed by atoms with van der Waals surface area (Å²) in [4.78, 5) is 17.1. The van der Waals surface area contributed by atoms with E-state index < -0.39 is 0 Å². The second kappa shape index (κ2) is 5.48. The van der Waals surface area contributed by atoms with Gasteiger partial charge in [0.15, 0.2) is 0 Å². The van der Waals surface area contributed by atoms with Crippen molar-refractivity contribution in [2.75, 3.05) is 5.43 Å². The smallest absolute Gasteiger partial charge is 0.267 e. The number of nitrogens with one attached hydrogen (secondary N) is 1. The molecule has 3 rings (SSSR count). The van der Waals surface area contributed by atoms with Gasteiger partial charge in [0.1, 0.15) is 0 Å². The van der Waals surface area contributed by atoms with Crippen molar-refractivity contribution in [1.82, 2.24) is 9.55 Å². The first-order valence-corrected chi connectivity index (χ1v) is 7.22. The number of benzene rings is 2. The Morgan fingerprint density at radius 2 is 1.90 bits per heavy atom. The Kier molecular flexibility index (Phi) is 3.67. The Balaban J connectivity index is 2.37. The van der Waals surface area contributed by atoms with E-state index in [2.05, 4.69) is 26.3 Å². The molecule has 3 N–H and O–H groups in total. The van der Waals surface area contributed by atoms with E-state index in [1.165, 1.54) is 4.57 Å². The average Bonchev–Trinajstić information content (AvgIpc) is 2.49. The van der Waals surface area contributed by atoms with Gasteiger partial charge in [-0.25, -0.2) is 15.4 Å². The lowest BCUT2D eigenvalue weighted by Crippen LogP contribution is -2.26. The van der Waals surface area contributed by atoms with Crippen LogP contribution in [0.15, 0.2) is 51.7 Å². The molecule has 0 radical (unpaired) electrons. The molecule has 106 valence electrons. The molecule has 1 aromatic heterocycles. The van der Waals surface area contributed by atoms with Crippen LogP contribution in [0.1, 0.15) is 0 Å². The van der Waals surface area contributed by atoms with Gasteiger partial charge in [0.05, 0.1) is 16.6 Å². The first-order valence-electron chi connectivity index (χ1n) is 6.05. The molecule has 0 aliphatic rings. The van der Waals surface area contributed by atoms with Crippen molar-refractivity contribution in [1.29, 1.82) is 0 Å². The minimum atomic E-state index is -0.212. The summed E-state index contributed by atoms with van der Waals surface area (Å²) >= 11 is 9.24. The Bertz CT molecular complexity index is 877. The monoisotopic (exact) mass is 364 g/mol. The minimum absolute atomic E-state index is 0.212. The van der Waals surface area contributed by atoms with Crippen molar-refractivity contribution < 1.29 is 0 Å². The summed E-state index contributed by atoms with van der Waals surface area (Å²) in [6, 6.07) is 12.2. The van der Waals surface area contributed by atoms with Gasteiger partial charge in [-0.2, -0.15) is 0 Å². The van der Waals surface area contributed by atoms with Gasteiger partial charge in [0.25, 0.3) is 5.56 Å². The fraction of sp³-hybridized carbons (Fsp3) is 0. The van der Waals surface area contributed by atoms with Crippen LogP contribution in [-0.2, 0) is 0 Å². The van der Waals surface area contributed by atoms with Gasteiger partial charge in [-0.1, -0.05) is 27.5 Å². The molecule has 0 amide bonds. The lowest BCUT2D eigenvalue weighted by atomic mass is 10.2. The number of hydrogen-bond donors (Lipinski definition) is 2. The van der Waals surface area contributed by atoms with E-state index in [0.717, 1.165) is 4.47 Å². The van der Waals surface area contributed by atoms with Crippen LogP contribution in [0, 0.1) is 0 Å². The van der Waals surface area contributed by atoms with Gasteiger partial charge in [0.2, 0.25) is 5.95 Å². The summed E-state index contributed by atoms with van der Waals surface area (Å²) in [5.74, 6) is 5.76. The van der Waals surface area contributed by atoms with E-state index in [-0.39, 0.29) is 11.5 Å². The highest BCUT2D eigenvalue weighted by Gasteiger charge is 2.12. The summed E-state index contributed by atoms with van der Waals surface area (Å²) in [6.07, 6.45) is 0. The first-order chi connectivity index (χ1) is 10.1. The van der Waals surface area contributed by atoms with E-state index in [1.807, 2.05) is 6.07 Å². The lowest BCUT2D eigenvalue weighted by Gasteiger charge is -2.12. The zero-order valence-electron chi connectivity index (χ0n) is 10.7. The van der Waals surface area contributed by atoms with Crippen molar-refractivity contribution in [2.24, 2.45) is 5.84 Å². The number of nitrogens with zero attached hydrogens (tertiary/aromatic N) is 2. The summed E-state index contributed by atoms with van der Waals surface area (Å²) < 4.78 is 2.22. The largest absolute Gasteiger partial charge is 0.293 e.